The fourth-order valence-electron chi connectivity index (χ4n) is 5.10. The van der Waals surface area contributed by atoms with Gasteiger partial charge in [-0.25, -0.2) is 9.97 Å². The molecule has 4 aromatic rings. The van der Waals surface area contributed by atoms with E-state index in [1.165, 1.54) is 12.8 Å². The highest BCUT2D eigenvalue weighted by Crippen LogP contribution is 2.40. The van der Waals surface area contributed by atoms with Crippen LogP contribution in [0, 0.1) is 5.41 Å². The Hall–Kier alpha value is -3.65. The van der Waals surface area contributed by atoms with Crippen LogP contribution in [0.5, 0.6) is 0 Å². The van der Waals surface area contributed by atoms with Crippen molar-refractivity contribution in [3.63, 3.8) is 0 Å². The second-order valence-electron chi connectivity index (χ2n) is 9.58. The molecule has 172 valence electrons. The summed E-state index contributed by atoms with van der Waals surface area (Å²) in [4.78, 5) is 29.2. The van der Waals surface area contributed by atoms with Crippen molar-refractivity contribution in [3.05, 3.63) is 66.4 Å². The van der Waals surface area contributed by atoms with Crippen LogP contribution in [0.25, 0.3) is 22.2 Å². The molecule has 0 aromatic carbocycles. The number of Topliss-reactive ketones (excluding diaryl/α,β-unsaturated/α-hetero) is 1. The first-order valence-electron chi connectivity index (χ1n) is 11.8. The maximum atomic E-state index is 13.1. The first kappa shape index (κ1) is 20.9. The van der Waals surface area contributed by atoms with E-state index in [0.29, 0.717) is 16.7 Å². The largest absolute Gasteiger partial charge is 0.355 e. The van der Waals surface area contributed by atoms with Crippen LogP contribution in [0.15, 0.2) is 55.1 Å². The summed E-state index contributed by atoms with van der Waals surface area (Å²) in [5.41, 5.74) is 4.44. The van der Waals surface area contributed by atoms with E-state index in [2.05, 4.69) is 25.3 Å². The normalized spacial score (nSPS) is 17.1. The fourth-order valence-corrected chi connectivity index (χ4v) is 5.10. The quantitative estimate of drug-likeness (QED) is 0.465. The molecule has 0 amide bonds. The van der Waals surface area contributed by atoms with Crippen molar-refractivity contribution in [2.75, 3.05) is 31.1 Å². The van der Waals surface area contributed by atoms with Crippen LogP contribution in [-0.2, 0) is 13.5 Å². The molecule has 0 bridgehead atoms. The lowest BCUT2D eigenvalue weighted by Gasteiger charge is -2.53. The number of rotatable bonds is 5. The third-order valence-electron chi connectivity index (χ3n) is 7.08. The number of hydrogen-bond acceptors (Lipinski definition) is 7. The lowest BCUT2D eigenvalue weighted by Crippen LogP contribution is -2.60. The predicted octanol–water partition coefficient (Wildman–Crippen LogP) is 3.04. The molecule has 1 spiro atoms. The molecular weight excluding hydrogens is 426 g/mol. The number of ketones is 1. The van der Waals surface area contributed by atoms with Gasteiger partial charge >= 0.3 is 0 Å². The van der Waals surface area contributed by atoms with E-state index < -0.39 is 0 Å². The van der Waals surface area contributed by atoms with E-state index in [9.17, 15) is 4.79 Å². The number of anilines is 1. The lowest BCUT2D eigenvalue weighted by molar-refractivity contribution is 0.0992. The van der Waals surface area contributed by atoms with Gasteiger partial charge in [-0.1, -0.05) is 0 Å². The smallest absolute Gasteiger partial charge is 0.169 e. The number of carbonyl (C=O) groups excluding carboxylic acids is 1. The van der Waals surface area contributed by atoms with Crippen LogP contribution in [-0.4, -0.2) is 56.7 Å². The Morgan fingerprint density at radius 2 is 1.94 bits per heavy atom. The topological polar surface area (TPSA) is 88.8 Å². The molecule has 0 unspecified atom stereocenters. The number of pyridine rings is 3. The van der Waals surface area contributed by atoms with Gasteiger partial charge in [0.2, 0.25) is 0 Å². The van der Waals surface area contributed by atoms with Gasteiger partial charge in [-0.3, -0.25) is 14.5 Å². The van der Waals surface area contributed by atoms with Crippen molar-refractivity contribution in [2.45, 2.75) is 19.3 Å². The summed E-state index contributed by atoms with van der Waals surface area (Å²) in [6.07, 6.45) is 9.92. The summed E-state index contributed by atoms with van der Waals surface area (Å²) in [6.45, 7) is 4.24. The molecule has 2 saturated heterocycles. The molecule has 8 heteroatoms. The number of fused-ring (bicyclic) bond motifs is 1. The molecule has 0 saturated carbocycles. The van der Waals surface area contributed by atoms with Crippen molar-refractivity contribution in [1.29, 1.82) is 0 Å². The van der Waals surface area contributed by atoms with Gasteiger partial charge in [0.05, 0.1) is 29.5 Å². The van der Waals surface area contributed by atoms with Gasteiger partial charge in [0.1, 0.15) is 5.82 Å². The van der Waals surface area contributed by atoms with Crippen LogP contribution >= 0.6 is 0 Å². The van der Waals surface area contributed by atoms with E-state index >= 15 is 0 Å². The molecule has 4 aromatic heterocycles. The zero-order valence-corrected chi connectivity index (χ0v) is 19.2. The van der Waals surface area contributed by atoms with Crippen LogP contribution in [0.2, 0.25) is 0 Å². The monoisotopic (exact) mass is 453 g/mol. The van der Waals surface area contributed by atoms with E-state index in [1.54, 1.807) is 29.3 Å². The van der Waals surface area contributed by atoms with Crippen LogP contribution in [0.3, 0.4) is 0 Å². The molecule has 0 aliphatic carbocycles. The fraction of sp³-hybridized carbons (Fsp3) is 0.346. The second kappa shape index (κ2) is 8.29. The van der Waals surface area contributed by atoms with Crippen molar-refractivity contribution in [3.8, 4) is 11.3 Å². The summed E-state index contributed by atoms with van der Waals surface area (Å²) >= 11 is 0. The lowest BCUT2D eigenvalue weighted by atomic mass is 9.72. The van der Waals surface area contributed by atoms with Crippen LogP contribution in [0.4, 0.5) is 5.82 Å². The minimum atomic E-state index is 0.0380. The van der Waals surface area contributed by atoms with Crippen LogP contribution < -0.4 is 10.2 Å². The summed E-state index contributed by atoms with van der Waals surface area (Å²) in [5.74, 6) is 0.931. The Kier molecular flexibility index (Phi) is 5.10. The molecule has 0 atom stereocenters. The van der Waals surface area contributed by atoms with Crippen molar-refractivity contribution in [2.24, 2.45) is 12.5 Å². The first-order valence-corrected chi connectivity index (χ1v) is 11.8. The van der Waals surface area contributed by atoms with Gasteiger partial charge in [0.15, 0.2) is 5.78 Å². The summed E-state index contributed by atoms with van der Waals surface area (Å²) < 4.78 is 1.76. The van der Waals surface area contributed by atoms with E-state index in [4.69, 9.17) is 4.98 Å². The van der Waals surface area contributed by atoms with E-state index in [-0.39, 0.29) is 12.2 Å². The maximum Gasteiger partial charge on any atom is 0.169 e. The third-order valence-corrected chi connectivity index (χ3v) is 7.08. The van der Waals surface area contributed by atoms with Gasteiger partial charge in [-0.15, -0.1) is 0 Å². The van der Waals surface area contributed by atoms with Gasteiger partial charge in [0.25, 0.3) is 0 Å². The number of carbonyl (C=O) groups is 1. The Morgan fingerprint density at radius 1 is 1.09 bits per heavy atom. The first-order chi connectivity index (χ1) is 16.6. The highest BCUT2D eigenvalue weighted by molar-refractivity contribution is 5.98. The molecule has 1 N–H and O–H groups in total. The molecule has 6 heterocycles. The Bertz CT molecular complexity index is 1360. The average Bonchev–Trinajstić information content (AvgIpc) is 3.29. The number of aryl methyl sites for hydroxylation is 1. The summed E-state index contributed by atoms with van der Waals surface area (Å²) in [6, 6.07) is 9.60. The highest BCUT2D eigenvalue weighted by Gasteiger charge is 2.43. The number of piperidine rings is 1. The number of hydrogen-bond donors (Lipinski definition) is 1. The minimum absolute atomic E-state index is 0.0380. The number of nitrogens with one attached hydrogen (secondary N) is 1. The summed E-state index contributed by atoms with van der Waals surface area (Å²) in [5, 5.41) is 8.61. The average molecular weight is 454 g/mol. The molecule has 0 radical (unpaired) electrons. The predicted molar refractivity (Wildman–Crippen MR) is 131 cm³/mol. The SMILES string of the molecule is Cn1cc(-c2ccc3cnc(CC(=O)c4ccnc(N5CC6(CCNCC6)C5)c4)cc3n2)cn1. The van der Waals surface area contributed by atoms with Gasteiger partial charge in [0, 0.05) is 60.7 Å². The van der Waals surface area contributed by atoms with Crippen molar-refractivity contribution >= 4 is 22.5 Å². The van der Waals surface area contributed by atoms with Crippen molar-refractivity contribution in [1.82, 2.24) is 30.0 Å². The molecule has 6 rings (SSSR count). The summed E-state index contributed by atoms with van der Waals surface area (Å²) in [7, 11) is 1.89. The third kappa shape index (κ3) is 3.94. The zero-order chi connectivity index (χ0) is 23.1. The molecule has 8 nitrogen and oxygen atoms in total. The molecule has 2 aliphatic heterocycles. The maximum absolute atomic E-state index is 13.1. The molecular formula is C26H27N7O. The van der Waals surface area contributed by atoms with Gasteiger partial charge < -0.3 is 10.2 Å². The minimum Gasteiger partial charge on any atom is -0.355 e. The Morgan fingerprint density at radius 3 is 2.74 bits per heavy atom. The molecule has 34 heavy (non-hydrogen) atoms. The molecule has 2 fully saturated rings. The second-order valence-corrected chi connectivity index (χ2v) is 9.58. The van der Waals surface area contributed by atoms with Crippen molar-refractivity contribution < 1.29 is 4.79 Å². The Labute approximate surface area is 198 Å². The van der Waals surface area contributed by atoms with E-state index in [0.717, 1.165) is 54.2 Å². The number of aromatic nitrogens is 5. The van der Waals surface area contributed by atoms with Gasteiger partial charge in [-0.05, 0) is 56.3 Å². The zero-order valence-electron chi connectivity index (χ0n) is 19.2. The number of nitrogens with zero attached hydrogens (tertiary/aromatic N) is 6. The van der Waals surface area contributed by atoms with E-state index in [1.807, 2.05) is 37.5 Å². The highest BCUT2D eigenvalue weighted by atomic mass is 16.1. The standard InChI is InChI=1S/C26H27N7O/c1-32-15-20(14-30-32)22-3-2-19-13-29-21(11-23(19)31-22)12-24(34)18-4-7-28-25(10-18)33-16-26(17-33)5-8-27-9-6-26/h2-4,7,10-11,13-15,27H,5-6,8-9,12,16-17H2,1H3. The Balaban J connectivity index is 1.18. The molecule has 2 aliphatic rings. The van der Waals surface area contributed by atoms with Gasteiger partial charge in [-0.2, -0.15) is 5.10 Å². The van der Waals surface area contributed by atoms with Crippen LogP contribution in [0.1, 0.15) is 28.9 Å².